The van der Waals surface area contributed by atoms with Gasteiger partial charge in [0.2, 0.25) is 0 Å². The van der Waals surface area contributed by atoms with Crippen molar-refractivity contribution in [2.24, 2.45) is 0 Å². The van der Waals surface area contributed by atoms with Crippen LogP contribution in [0.15, 0.2) is 29.6 Å². The van der Waals surface area contributed by atoms with Gasteiger partial charge in [-0.05, 0) is 36.4 Å². The highest BCUT2D eigenvalue weighted by atomic mass is 32.1. The predicted molar refractivity (Wildman–Crippen MR) is 105 cm³/mol. The van der Waals surface area contributed by atoms with Crippen LogP contribution in [0.3, 0.4) is 0 Å². The topological polar surface area (TPSA) is 61.4 Å². The minimum atomic E-state index is 0.0932. The van der Waals surface area contributed by atoms with Gasteiger partial charge < -0.3 is 15.1 Å². The molecule has 2 aromatic rings. The zero-order valence-electron chi connectivity index (χ0n) is 14.9. The second kappa shape index (κ2) is 8.03. The van der Waals surface area contributed by atoms with Crippen molar-refractivity contribution in [1.82, 2.24) is 20.4 Å². The molecule has 26 heavy (non-hydrogen) atoms. The summed E-state index contributed by atoms with van der Waals surface area (Å²) in [5, 5.41) is 14.0. The Morgan fingerprint density at radius 1 is 1.04 bits per heavy atom. The first-order valence-electron chi connectivity index (χ1n) is 9.47. The normalized spacial score (nSPS) is 18.8. The first-order chi connectivity index (χ1) is 12.8. The molecule has 2 amide bonds. The molecule has 6 nitrogen and oxygen atoms in total. The Hall–Kier alpha value is -2.15. The van der Waals surface area contributed by atoms with Crippen LogP contribution in [-0.2, 0) is 0 Å². The largest absolute Gasteiger partial charge is 0.352 e. The molecular formula is C19H25N5OS. The summed E-state index contributed by atoms with van der Waals surface area (Å²) in [5.74, 6) is 0.887. The van der Waals surface area contributed by atoms with Crippen molar-refractivity contribution in [3.05, 3.63) is 29.6 Å². The quantitative estimate of drug-likeness (QED) is 0.899. The standard InChI is InChI=1S/C19H25N5OS/c25-19(20-15-5-2-1-3-6-15)24-12-10-23(11-13-24)18-9-8-16(21-22-18)17-7-4-14-26-17/h4,7-9,14-15H,1-3,5-6,10-13H2,(H,20,25). The van der Waals surface area contributed by atoms with E-state index >= 15 is 0 Å². The molecule has 1 aliphatic carbocycles. The summed E-state index contributed by atoms with van der Waals surface area (Å²) in [4.78, 5) is 17.7. The summed E-state index contributed by atoms with van der Waals surface area (Å²) in [6.45, 7) is 3.05. The van der Waals surface area contributed by atoms with Gasteiger partial charge in [-0.3, -0.25) is 0 Å². The van der Waals surface area contributed by atoms with E-state index in [-0.39, 0.29) is 6.03 Å². The molecule has 138 valence electrons. The van der Waals surface area contributed by atoms with Gasteiger partial charge in [-0.1, -0.05) is 25.3 Å². The summed E-state index contributed by atoms with van der Waals surface area (Å²) in [7, 11) is 0. The number of anilines is 1. The van der Waals surface area contributed by atoms with E-state index in [2.05, 4.69) is 26.5 Å². The fraction of sp³-hybridized carbons (Fsp3) is 0.526. The predicted octanol–water partition coefficient (Wildman–Crippen LogP) is 3.37. The van der Waals surface area contributed by atoms with Crippen LogP contribution >= 0.6 is 11.3 Å². The van der Waals surface area contributed by atoms with Crippen LogP contribution in [0, 0.1) is 0 Å². The highest BCUT2D eigenvalue weighted by molar-refractivity contribution is 7.13. The summed E-state index contributed by atoms with van der Waals surface area (Å²) in [6.07, 6.45) is 6.02. The molecule has 1 N–H and O–H groups in total. The zero-order chi connectivity index (χ0) is 17.8. The second-order valence-corrected chi connectivity index (χ2v) is 7.96. The summed E-state index contributed by atoms with van der Waals surface area (Å²) < 4.78 is 0. The molecule has 0 aromatic carbocycles. The first-order valence-corrected chi connectivity index (χ1v) is 10.4. The Morgan fingerprint density at radius 3 is 2.50 bits per heavy atom. The number of thiophene rings is 1. The van der Waals surface area contributed by atoms with Crippen molar-refractivity contribution in [3.8, 4) is 10.6 Å². The van der Waals surface area contributed by atoms with Gasteiger partial charge in [-0.2, -0.15) is 0 Å². The molecule has 0 bridgehead atoms. The summed E-state index contributed by atoms with van der Waals surface area (Å²) in [5.41, 5.74) is 0.911. The molecule has 1 aliphatic heterocycles. The molecule has 0 radical (unpaired) electrons. The number of hydrogen-bond acceptors (Lipinski definition) is 5. The van der Waals surface area contributed by atoms with E-state index in [1.165, 1.54) is 19.3 Å². The van der Waals surface area contributed by atoms with Crippen LogP contribution in [0.4, 0.5) is 10.6 Å². The van der Waals surface area contributed by atoms with E-state index in [1.807, 2.05) is 28.5 Å². The van der Waals surface area contributed by atoms with E-state index in [0.29, 0.717) is 6.04 Å². The zero-order valence-corrected chi connectivity index (χ0v) is 15.7. The molecule has 3 heterocycles. The Bertz CT molecular complexity index is 704. The SMILES string of the molecule is O=C(NC1CCCCC1)N1CCN(c2ccc(-c3cccs3)nn2)CC1. The molecule has 7 heteroatoms. The third-order valence-electron chi connectivity index (χ3n) is 5.25. The molecule has 2 fully saturated rings. The number of carbonyl (C=O) groups is 1. The van der Waals surface area contributed by atoms with Gasteiger partial charge in [0.1, 0.15) is 5.69 Å². The lowest BCUT2D eigenvalue weighted by molar-refractivity contribution is 0.186. The Kier molecular flexibility index (Phi) is 5.34. The minimum Gasteiger partial charge on any atom is -0.352 e. The first kappa shape index (κ1) is 17.3. The number of amides is 2. The van der Waals surface area contributed by atoms with Crippen molar-refractivity contribution in [3.63, 3.8) is 0 Å². The number of nitrogens with one attached hydrogen (secondary N) is 1. The lowest BCUT2D eigenvalue weighted by atomic mass is 9.96. The van der Waals surface area contributed by atoms with E-state index < -0.39 is 0 Å². The Morgan fingerprint density at radius 2 is 1.85 bits per heavy atom. The highest BCUT2D eigenvalue weighted by Crippen LogP contribution is 2.23. The summed E-state index contributed by atoms with van der Waals surface area (Å²) in [6, 6.07) is 8.59. The van der Waals surface area contributed by atoms with Crippen LogP contribution in [0.5, 0.6) is 0 Å². The maximum absolute atomic E-state index is 12.5. The maximum atomic E-state index is 12.5. The molecule has 1 saturated carbocycles. The maximum Gasteiger partial charge on any atom is 0.317 e. The number of carbonyl (C=O) groups excluding carboxylic acids is 1. The molecule has 1 saturated heterocycles. The van der Waals surface area contributed by atoms with Gasteiger partial charge in [-0.15, -0.1) is 21.5 Å². The van der Waals surface area contributed by atoms with Crippen LogP contribution in [0.1, 0.15) is 32.1 Å². The lowest BCUT2D eigenvalue weighted by Crippen LogP contribution is -2.53. The average molecular weight is 372 g/mol. The monoisotopic (exact) mass is 371 g/mol. The number of nitrogens with zero attached hydrogens (tertiary/aromatic N) is 4. The van der Waals surface area contributed by atoms with Gasteiger partial charge in [0.15, 0.2) is 5.82 Å². The van der Waals surface area contributed by atoms with E-state index in [0.717, 1.165) is 55.4 Å². The van der Waals surface area contributed by atoms with Crippen molar-refractivity contribution < 1.29 is 4.79 Å². The van der Waals surface area contributed by atoms with Gasteiger partial charge in [-0.25, -0.2) is 4.79 Å². The molecule has 0 spiro atoms. The third kappa shape index (κ3) is 3.98. The van der Waals surface area contributed by atoms with Crippen LogP contribution < -0.4 is 10.2 Å². The fourth-order valence-corrected chi connectivity index (χ4v) is 4.39. The Labute approximate surface area is 158 Å². The number of rotatable bonds is 3. The van der Waals surface area contributed by atoms with E-state index in [9.17, 15) is 4.79 Å². The van der Waals surface area contributed by atoms with Crippen LogP contribution in [0.25, 0.3) is 10.6 Å². The van der Waals surface area contributed by atoms with Gasteiger partial charge >= 0.3 is 6.03 Å². The molecule has 4 rings (SSSR count). The minimum absolute atomic E-state index is 0.0932. The van der Waals surface area contributed by atoms with Gasteiger partial charge in [0.25, 0.3) is 0 Å². The molecule has 2 aliphatic rings. The third-order valence-corrected chi connectivity index (χ3v) is 6.14. The number of piperazine rings is 1. The van der Waals surface area contributed by atoms with Gasteiger partial charge in [0, 0.05) is 32.2 Å². The van der Waals surface area contributed by atoms with E-state index in [4.69, 9.17) is 0 Å². The number of aromatic nitrogens is 2. The molecular weight excluding hydrogens is 346 g/mol. The van der Waals surface area contributed by atoms with Gasteiger partial charge in [0.05, 0.1) is 4.88 Å². The lowest BCUT2D eigenvalue weighted by Gasteiger charge is -2.36. The second-order valence-electron chi connectivity index (χ2n) is 7.01. The number of urea groups is 1. The Balaban J connectivity index is 1.29. The summed E-state index contributed by atoms with van der Waals surface area (Å²) >= 11 is 1.67. The van der Waals surface area contributed by atoms with Crippen molar-refractivity contribution in [2.45, 2.75) is 38.1 Å². The average Bonchev–Trinajstić information content (AvgIpc) is 3.24. The molecule has 0 unspecified atom stereocenters. The fourth-order valence-electron chi connectivity index (χ4n) is 3.70. The molecule has 0 atom stereocenters. The van der Waals surface area contributed by atoms with E-state index in [1.54, 1.807) is 11.3 Å². The smallest absolute Gasteiger partial charge is 0.317 e. The van der Waals surface area contributed by atoms with Crippen molar-refractivity contribution >= 4 is 23.2 Å². The van der Waals surface area contributed by atoms with Crippen LogP contribution in [0.2, 0.25) is 0 Å². The van der Waals surface area contributed by atoms with Crippen molar-refractivity contribution in [1.29, 1.82) is 0 Å². The van der Waals surface area contributed by atoms with Crippen LogP contribution in [-0.4, -0.2) is 53.3 Å². The number of hydrogen-bond donors (Lipinski definition) is 1. The molecule has 2 aromatic heterocycles. The van der Waals surface area contributed by atoms with Crippen molar-refractivity contribution in [2.75, 3.05) is 31.1 Å². The highest BCUT2D eigenvalue weighted by Gasteiger charge is 2.24.